The minimum atomic E-state index is -3.31. The van der Waals surface area contributed by atoms with Crippen molar-refractivity contribution in [1.29, 1.82) is 0 Å². The van der Waals surface area contributed by atoms with Gasteiger partial charge >= 0.3 is 4.83 Å². The van der Waals surface area contributed by atoms with Crippen LogP contribution in [0.5, 0.6) is 0 Å². The summed E-state index contributed by atoms with van der Waals surface area (Å²) >= 11 is 2.16. The van der Waals surface area contributed by atoms with Crippen molar-refractivity contribution >= 4 is 26.7 Å². The van der Waals surface area contributed by atoms with E-state index in [0.717, 1.165) is 10.8 Å². The van der Waals surface area contributed by atoms with E-state index in [1.54, 1.807) is 12.1 Å². The molecule has 0 fully saturated rings. The van der Waals surface area contributed by atoms with Crippen LogP contribution in [0.4, 0.5) is 8.78 Å². The Morgan fingerprint density at radius 2 is 1.69 bits per heavy atom. The Labute approximate surface area is 99.8 Å². The molecule has 1 unspecified atom stereocenters. The molecule has 2 aromatic carbocycles. The van der Waals surface area contributed by atoms with Gasteiger partial charge in [-0.3, -0.25) is 0 Å². The number of aliphatic hydroxyl groups is 1. The molecule has 0 heterocycles. The van der Waals surface area contributed by atoms with Gasteiger partial charge in [-0.1, -0.05) is 36.4 Å². The molecule has 4 heteroatoms. The van der Waals surface area contributed by atoms with E-state index in [2.05, 4.69) is 15.9 Å². The molecule has 16 heavy (non-hydrogen) atoms. The highest BCUT2D eigenvalue weighted by molar-refractivity contribution is 9.10. The van der Waals surface area contributed by atoms with Crippen LogP contribution in [0.3, 0.4) is 0 Å². The zero-order valence-electron chi connectivity index (χ0n) is 8.20. The van der Waals surface area contributed by atoms with Crippen LogP contribution in [-0.2, 0) is 0 Å². The first-order valence-corrected chi connectivity index (χ1v) is 5.51. The number of hydrogen-bond donors (Lipinski definition) is 1. The monoisotopic (exact) mass is 286 g/mol. The minimum Gasteiger partial charge on any atom is -0.381 e. The summed E-state index contributed by atoms with van der Waals surface area (Å²) in [6, 6.07) is 12.2. The van der Waals surface area contributed by atoms with E-state index < -0.39 is 10.9 Å². The van der Waals surface area contributed by atoms with Gasteiger partial charge in [0.2, 0.25) is 0 Å². The topological polar surface area (TPSA) is 20.2 Å². The lowest BCUT2D eigenvalue weighted by atomic mass is 10.0. The van der Waals surface area contributed by atoms with E-state index in [9.17, 15) is 13.9 Å². The van der Waals surface area contributed by atoms with E-state index in [1.807, 2.05) is 24.3 Å². The number of rotatable bonds is 2. The number of benzene rings is 2. The predicted molar refractivity (Wildman–Crippen MR) is 62.8 cm³/mol. The van der Waals surface area contributed by atoms with Crippen molar-refractivity contribution < 1.29 is 13.9 Å². The Morgan fingerprint density at radius 3 is 2.31 bits per heavy atom. The predicted octanol–water partition coefficient (Wildman–Crippen LogP) is 3.86. The molecule has 0 aliphatic rings. The van der Waals surface area contributed by atoms with Gasteiger partial charge in [-0.2, -0.15) is 8.78 Å². The van der Waals surface area contributed by atoms with Crippen LogP contribution in [0.1, 0.15) is 11.7 Å². The van der Waals surface area contributed by atoms with Crippen molar-refractivity contribution in [2.24, 2.45) is 0 Å². The van der Waals surface area contributed by atoms with Crippen LogP contribution in [0.2, 0.25) is 0 Å². The minimum absolute atomic E-state index is 0.195. The third-order valence-corrected chi connectivity index (χ3v) is 2.83. The molecular weight excluding hydrogens is 278 g/mol. The van der Waals surface area contributed by atoms with Crippen molar-refractivity contribution in [2.45, 2.75) is 10.9 Å². The average Bonchev–Trinajstić information content (AvgIpc) is 2.26. The van der Waals surface area contributed by atoms with Gasteiger partial charge in [0.15, 0.2) is 6.10 Å². The summed E-state index contributed by atoms with van der Waals surface area (Å²) in [6.07, 6.45) is -1.84. The standard InChI is InChI=1S/C12H9BrF2O/c13-12(14,15)11(16)10-6-5-8-3-1-2-4-9(8)7-10/h1-7,11,16H. The molecule has 2 rings (SSSR count). The number of alkyl halides is 3. The highest BCUT2D eigenvalue weighted by atomic mass is 79.9. The van der Waals surface area contributed by atoms with Gasteiger partial charge in [0.1, 0.15) is 0 Å². The van der Waals surface area contributed by atoms with E-state index in [0.29, 0.717) is 0 Å². The summed E-state index contributed by atoms with van der Waals surface area (Å²) in [5, 5.41) is 11.2. The zero-order chi connectivity index (χ0) is 11.8. The lowest BCUT2D eigenvalue weighted by molar-refractivity contribution is -0.0293. The second-order valence-electron chi connectivity index (χ2n) is 3.55. The Morgan fingerprint density at radius 1 is 1.06 bits per heavy atom. The first kappa shape index (κ1) is 11.5. The van der Waals surface area contributed by atoms with Crippen LogP contribution < -0.4 is 0 Å². The van der Waals surface area contributed by atoms with Crippen molar-refractivity contribution in [3.63, 3.8) is 0 Å². The Hall–Kier alpha value is -1.00. The third kappa shape index (κ3) is 2.23. The Bertz CT molecular complexity index is 508. The van der Waals surface area contributed by atoms with Gasteiger partial charge in [-0.25, -0.2) is 0 Å². The highest BCUT2D eigenvalue weighted by Gasteiger charge is 2.36. The number of aliphatic hydroxyl groups excluding tert-OH is 1. The normalized spacial score (nSPS) is 14.0. The van der Waals surface area contributed by atoms with Gasteiger partial charge in [0.25, 0.3) is 0 Å². The fraction of sp³-hybridized carbons (Fsp3) is 0.167. The van der Waals surface area contributed by atoms with Crippen molar-refractivity contribution in [3.05, 3.63) is 48.0 Å². The molecular formula is C12H9BrF2O. The van der Waals surface area contributed by atoms with E-state index in [4.69, 9.17) is 0 Å². The van der Waals surface area contributed by atoms with E-state index in [-0.39, 0.29) is 5.56 Å². The highest BCUT2D eigenvalue weighted by Crippen LogP contribution is 2.37. The summed E-state index contributed by atoms with van der Waals surface area (Å²) < 4.78 is 25.7. The molecule has 0 aromatic heterocycles. The van der Waals surface area contributed by atoms with Gasteiger partial charge < -0.3 is 5.11 Å². The Balaban J connectivity index is 2.47. The maximum Gasteiger partial charge on any atom is 0.330 e. The average molecular weight is 287 g/mol. The van der Waals surface area contributed by atoms with Gasteiger partial charge in [-0.15, -0.1) is 0 Å². The molecule has 1 nitrogen and oxygen atoms in total. The van der Waals surface area contributed by atoms with Crippen molar-refractivity contribution in [1.82, 2.24) is 0 Å². The van der Waals surface area contributed by atoms with Gasteiger partial charge in [-0.05, 0) is 38.3 Å². The molecule has 0 amide bonds. The van der Waals surface area contributed by atoms with Crippen molar-refractivity contribution in [3.8, 4) is 0 Å². The number of halogens is 3. The fourth-order valence-electron chi connectivity index (χ4n) is 1.57. The summed E-state index contributed by atoms with van der Waals surface area (Å²) in [6.45, 7) is 0. The molecule has 0 aliphatic carbocycles. The van der Waals surface area contributed by atoms with Crippen LogP contribution in [0, 0.1) is 0 Å². The third-order valence-electron chi connectivity index (χ3n) is 2.40. The lowest BCUT2D eigenvalue weighted by Crippen LogP contribution is -2.18. The first-order chi connectivity index (χ1) is 7.48. The van der Waals surface area contributed by atoms with Crippen molar-refractivity contribution in [2.75, 3.05) is 0 Å². The largest absolute Gasteiger partial charge is 0.381 e. The summed E-state index contributed by atoms with van der Waals surface area (Å²) in [5.74, 6) is 0. The summed E-state index contributed by atoms with van der Waals surface area (Å²) in [7, 11) is 0. The number of hydrogen-bond acceptors (Lipinski definition) is 1. The SMILES string of the molecule is OC(c1ccc2ccccc2c1)C(F)(F)Br. The Kier molecular flexibility index (Phi) is 2.95. The molecule has 0 spiro atoms. The van der Waals surface area contributed by atoms with Gasteiger partial charge in [0.05, 0.1) is 0 Å². The van der Waals surface area contributed by atoms with E-state index >= 15 is 0 Å². The number of fused-ring (bicyclic) bond motifs is 1. The smallest absolute Gasteiger partial charge is 0.330 e. The van der Waals surface area contributed by atoms with Crippen LogP contribution in [0.15, 0.2) is 42.5 Å². The molecule has 1 N–H and O–H groups in total. The molecule has 0 bridgehead atoms. The maximum atomic E-state index is 12.9. The molecule has 0 radical (unpaired) electrons. The lowest BCUT2D eigenvalue weighted by Gasteiger charge is -2.17. The molecule has 0 saturated carbocycles. The van der Waals surface area contributed by atoms with E-state index in [1.165, 1.54) is 6.07 Å². The van der Waals surface area contributed by atoms with Crippen LogP contribution in [0.25, 0.3) is 10.8 Å². The van der Waals surface area contributed by atoms with Crippen LogP contribution >= 0.6 is 15.9 Å². The molecule has 2 aromatic rings. The van der Waals surface area contributed by atoms with Crippen LogP contribution in [-0.4, -0.2) is 9.94 Å². The molecule has 0 saturated heterocycles. The zero-order valence-corrected chi connectivity index (χ0v) is 9.79. The second-order valence-corrected chi connectivity index (χ2v) is 4.61. The molecule has 84 valence electrons. The molecule has 0 aliphatic heterocycles. The van der Waals surface area contributed by atoms with Gasteiger partial charge in [0, 0.05) is 0 Å². The molecule has 1 atom stereocenters. The summed E-state index contributed by atoms with van der Waals surface area (Å²) in [5.41, 5.74) is 0.195. The fourth-order valence-corrected chi connectivity index (χ4v) is 1.83. The summed E-state index contributed by atoms with van der Waals surface area (Å²) in [4.78, 5) is -3.31. The quantitative estimate of drug-likeness (QED) is 0.831. The second kappa shape index (κ2) is 4.11. The maximum absolute atomic E-state index is 12.9. The first-order valence-electron chi connectivity index (χ1n) is 4.72.